The fourth-order valence-electron chi connectivity index (χ4n) is 5.14. The Morgan fingerprint density at radius 1 is 1.14 bits per heavy atom. The van der Waals surface area contributed by atoms with Gasteiger partial charge in [0, 0.05) is 25.3 Å². The monoisotopic (exact) mass is 498 g/mol. The summed E-state index contributed by atoms with van der Waals surface area (Å²) >= 11 is 0. The first kappa shape index (κ1) is 27.9. The van der Waals surface area contributed by atoms with E-state index < -0.39 is 12.1 Å². The molecule has 36 heavy (non-hydrogen) atoms. The summed E-state index contributed by atoms with van der Waals surface area (Å²) in [6.07, 6.45) is 9.31. The summed E-state index contributed by atoms with van der Waals surface area (Å²) in [5.74, 6) is 1.64. The molecule has 1 fully saturated rings. The van der Waals surface area contributed by atoms with Crippen molar-refractivity contribution < 1.29 is 24.2 Å². The first-order chi connectivity index (χ1) is 17.3. The van der Waals surface area contributed by atoms with Crippen LogP contribution in [0.4, 0.5) is 0 Å². The van der Waals surface area contributed by atoms with Crippen LogP contribution in [0.3, 0.4) is 0 Å². The molecule has 3 rings (SSSR count). The van der Waals surface area contributed by atoms with E-state index in [0.717, 1.165) is 48.6 Å². The van der Waals surface area contributed by atoms with Crippen molar-refractivity contribution in [2.75, 3.05) is 33.9 Å². The number of aliphatic hydroxyl groups excluding tert-OH is 1. The number of benzene rings is 1. The third-order valence-corrected chi connectivity index (χ3v) is 7.29. The summed E-state index contributed by atoms with van der Waals surface area (Å²) in [5, 5.41) is 14.3. The van der Waals surface area contributed by atoms with Gasteiger partial charge in [0.15, 0.2) is 0 Å². The van der Waals surface area contributed by atoms with E-state index in [2.05, 4.69) is 10.2 Å². The number of nitrogens with zero attached hydrogens (tertiary/aromatic N) is 1. The van der Waals surface area contributed by atoms with E-state index >= 15 is 0 Å². The first-order valence-electron chi connectivity index (χ1n) is 13.1. The quantitative estimate of drug-likeness (QED) is 0.398. The summed E-state index contributed by atoms with van der Waals surface area (Å²) in [6, 6.07) is 5.23. The first-order valence-corrected chi connectivity index (χ1v) is 13.1. The van der Waals surface area contributed by atoms with Crippen LogP contribution in [0, 0.1) is 18.8 Å². The van der Waals surface area contributed by atoms with E-state index in [0.29, 0.717) is 32.2 Å². The summed E-state index contributed by atoms with van der Waals surface area (Å²) in [4.78, 5) is 27.8. The number of hydrogen-bond acceptors (Lipinski definition) is 6. The van der Waals surface area contributed by atoms with Gasteiger partial charge in [-0.25, -0.2) is 0 Å². The Morgan fingerprint density at radius 2 is 1.86 bits per heavy atom. The molecular formula is C29H42N2O5. The van der Waals surface area contributed by atoms with Crippen LogP contribution in [0.25, 0.3) is 0 Å². The molecule has 7 heteroatoms. The van der Waals surface area contributed by atoms with Gasteiger partial charge in [-0.1, -0.05) is 19.1 Å². The molecule has 0 saturated carbocycles. The van der Waals surface area contributed by atoms with Gasteiger partial charge in [-0.3, -0.25) is 9.59 Å². The number of ether oxygens (including phenoxy) is 2. The van der Waals surface area contributed by atoms with Crippen molar-refractivity contribution in [3.05, 3.63) is 53.3 Å². The van der Waals surface area contributed by atoms with Gasteiger partial charge in [0.1, 0.15) is 23.4 Å². The molecule has 2 aliphatic rings. The highest BCUT2D eigenvalue weighted by Gasteiger charge is 2.27. The van der Waals surface area contributed by atoms with E-state index in [1.165, 1.54) is 0 Å². The van der Waals surface area contributed by atoms with Crippen LogP contribution in [0.1, 0.15) is 62.7 Å². The number of nitrogens with one attached hydrogen (secondary N) is 1. The molecule has 1 amide bonds. The Labute approximate surface area is 215 Å². The zero-order chi connectivity index (χ0) is 26.1. The van der Waals surface area contributed by atoms with Gasteiger partial charge in [0.25, 0.3) is 0 Å². The Balaban J connectivity index is 1.51. The largest absolute Gasteiger partial charge is 0.497 e. The lowest BCUT2D eigenvalue weighted by Crippen LogP contribution is -2.46. The molecule has 0 spiro atoms. The Kier molecular flexibility index (Phi) is 10.6. The number of hydrogen-bond donors (Lipinski definition) is 2. The summed E-state index contributed by atoms with van der Waals surface area (Å²) in [7, 11) is 3.26. The van der Waals surface area contributed by atoms with Gasteiger partial charge in [0.05, 0.1) is 20.3 Å². The van der Waals surface area contributed by atoms with Crippen LogP contribution < -0.4 is 10.1 Å². The minimum Gasteiger partial charge on any atom is -0.497 e. The van der Waals surface area contributed by atoms with Gasteiger partial charge in [-0.05, 0) is 87.0 Å². The molecule has 1 aromatic rings. The summed E-state index contributed by atoms with van der Waals surface area (Å²) < 4.78 is 10.6. The molecule has 1 saturated heterocycles. The number of methoxy groups -OCH3 is 2. The summed E-state index contributed by atoms with van der Waals surface area (Å²) in [6.45, 7) is 6.55. The number of amides is 1. The van der Waals surface area contributed by atoms with Crippen LogP contribution in [0.15, 0.2) is 42.2 Å². The van der Waals surface area contributed by atoms with Gasteiger partial charge in [0.2, 0.25) is 5.91 Å². The summed E-state index contributed by atoms with van der Waals surface area (Å²) in [5.41, 5.74) is 1.71. The number of rotatable bonds is 13. The topological polar surface area (TPSA) is 88.1 Å². The van der Waals surface area contributed by atoms with Gasteiger partial charge < -0.3 is 24.8 Å². The molecule has 1 heterocycles. The number of aliphatic hydroxyl groups is 1. The van der Waals surface area contributed by atoms with E-state index in [4.69, 9.17) is 9.47 Å². The maximum Gasteiger partial charge on any atom is 0.220 e. The second-order valence-corrected chi connectivity index (χ2v) is 10.0. The van der Waals surface area contributed by atoms with Crippen molar-refractivity contribution in [2.45, 2.75) is 64.5 Å². The number of carbonyl (C=O) groups excluding carboxylic acids is 2. The molecule has 4 atom stereocenters. The van der Waals surface area contributed by atoms with E-state index in [1.807, 2.05) is 50.3 Å². The normalized spacial score (nSPS) is 21.5. The fraction of sp³-hybridized carbons (Fsp3) is 0.586. The molecule has 2 N–H and O–H groups in total. The van der Waals surface area contributed by atoms with Crippen molar-refractivity contribution in [1.29, 1.82) is 0 Å². The van der Waals surface area contributed by atoms with E-state index in [9.17, 15) is 14.7 Å². The Hall–Kier alpha value is -2.64. The van der Waals surface area contributed by atoms with Crippen LogP contribution in [0.2, 0.25) is 0 Å². The number of carbonyl (C=O) groups is 2. The number of likely N-dealkylation sites (tertiary alicyclic amines) is 1. The third kappa shape index (κ3) is 7.68. The molecule has 0 bridgehead atoms. The van der Waals surface area contributed by atoms with Crippen molar-refractivity contribution in [2.24, 2.45) is 11.8 Å². The molecule has 1 aliphatic carbocycles. The standard InChI is InChI=1S/C29H42N2O5/c1-20-18-23(35-3)12-13-24(20)26(32)9-5-6-10-28(33)30-25(19-31-15-7-8-16-31)29(34)22-11-14-27(36-4)21(2)17-22/h11-14,17-18,20,24-25,29,34H,5-10,15-16,19H2,1-4H3,(H,30,33)/t20?,24?,25-,29-/m1/s1. The number of unbranched alkanes of at least 4 members (excludes halogenated alkanes) is 1. The highest BCUT2D eigenvalue weighted by molar-refractivity contribution is 5.83. The zero-order valence-electron chi connectivity index (χ0n) is 22.2. The Bertz CT molecular complexity index is 951. The Morgan fingerprint density at radius 3 is 2.50 bits per heavy atom. The number of ketones is 1. The SMILES string of the molecule is COC1=CC(C)C(C(=O)CCCCC(=O)N[C@H](CN2CCCC2)[C@H](O)c2ccc(OC)c(C)c2)C=C1. The predicted molar refractivity (Wildman–Crippen MR) is 141 cm³/mol. The van der Waals surface area contributed by atoms with Gasteiger partial charge >= 0.3 is 0 Å². The molecule has 1 aliphatic heterocycles. The minimum absolute atomic E-state index is 0.0884. The number of Topliss-reactive ketones (excluding diaryl/α,β-unsaturated/α-hetero) is 1. The van der Waals surface area contributed by atoms with E-state index in [1.54, 1.807) is 14.2 Å². The van der Waals surface area contributed by atoms with Crippen LogP contribution in [-0.4, -0.2) is 61.6 Å². The average molecular weight is 499 g/mol. The minimum atomic E-state index is -0.814. The molecular weight excluding hydrogens is 456 g/mol. The molecule has 7 nitrogen and oxygen atoms in total. The van der Waals surface area contributed by atoms with Crippen molar-refractivity contribution in [1.82, 2.24) is 10.2 Å². The highest BCUT2D eigenvalue weighted by Crippen LogP contribution is 2.27. The molecule has 0 aromatic heterocycles. The zero-order valence-corrected chi connectivity index (χ0v) is 22.2. The van der Waals surface area contributed by atoms with Crippen LogP contribution in [0.5, 0.6) is 5.75 Å². The predicted octanol–water partition coefficient (Wildman–Crippen LogP) is 4.10. The van der Waals surface area contributed by atoms with Crippen LogP contribution >= 0.6 is 0 Å². The lowest BCUT2D eigenvalue weighted by atomic mass is 9.84. The highest BCUT2D eigenvalue weighted by atomic mass is 16.5. The second-order valence-electron chi connectivity index (χ2n) is 10.0. The third-order valence-electron chi connectivity index (χ3n) is 7.29. The number of allylic oxidation sites excluding steroid dienone is 3. The van der Waals surface area contributed by atoms with Crippen LogP contribution in [-0.2, 0) is 14.3 Å². The molecule has 1 aromatic carbocycles. The molecule has 198 valence electrons. The fourth-order valence-corrected chi connectivity index (χ4v) is 5.14. The maximum absolute atomic E-state index is 12.8. The lowest BCUT2D eigenvalue weighted by Gasteiger charge is -2.29. The lowest BCUT2D eigenvalue weighted by molar-refractivity contribution is -0.124. The van der Waals surface area contributed by atoms with Crippen molar-refractivity contribution in [3.63, 3.8) is 0 Å². The smallest absolute Gasteiger partial charge is 0.220 e. The van der Waals surface area contributed by atoms with Crippen molar-refractivity contribution >= 4 is 11.7 Å². The van der Waals surface area contributed by atoms with Crippen molar-refractivity contribution in [3.8, 4) is 5.75 Å². The molecule has 0 radical (unpaired) electrons. The van der Waals surface area contributed by atoms with E-state index in [-0.39, 0.29) is 23.5 Å². The van der Waals surface area contributed by atoms with Gasteiger partial charge in [-0.15, -0.1) is 0 Å². The number of aryl methyl sites for hydroxylation is 1. The second kappa shape index (κ2) is 13.6. The molecule has 2 unspecified atom stereocenters. The maximum atomic E-state index is 12.8. The van der Waals surface area contributed by atoms with Gasteiger partial charge in [-0.2, -0.15) is 0 Å². The average Bonchev–Trinajstić information content (AvgIpc) is 3.38.